The predicted octanol–water partition coefficient (Wildman–Crippen LogP) is 4.59. The Morgan fingerprint density at radius 2 is 2.03 bits per heavy atom. The normalized spacial score (nSPS) is 11.9. The molecule has 0 aliphatic rings. The number of nitrogens with one attached hydrogen (secondary N) is 1. The molecule has 0 aliphatic carbocycles. The van der Waals surface area contributed by atoms with E-state index in [0.717, 1.165) is 10.3 Å². The molecule has 146 valence electrons. The quantitative estimate of drug-likeness (QED) is 0.474. The summed E-state index contributed by atoms with van der Waals surface area (Å²) >= 11 is 1.48. The number of nitrogens with zero attached hydrogens (tertiary/aromatic N) is 1. The van der Waals surface area contributed by atoms with E-state index < -0.39 is 6.04 Å². The summed E-state index contributed by atoms with van der Waals surface area (Å²) in [6.07, 6.45) is 1.62. The smallest absolute Gasteiger partial charge is 0.307 e. The fourth-order valence-electron chi connectivity index (χ4n) is 3.11. The van der Waals surface area contributed by atoms with E-state index in [4.69, 9.17) is 9.15 Å². The van der Waals surface area contributed by atoms with E-state index in [9.17, 15) is 9.59 Å². The fraction of sp³-hybridized carbons (Fsp3) is 0.136. The van der Waals surface area contributed by atoms with Gasteiger partial charge in [-0.15, -0.1) is 11.3 Å². The van der Waals surface area contributed by atoms with Crippen molar-refractivity contribution in [3.05, 3.63) is 76.7 Å². The highest BCUT2D eigenvalue weighted by atomic mass is 32.1. The molecule has 7 heteroatoms. The molecule has 0 saturated heterocycles. The molecule has 0 aliphatic heterocycles. The van der Waals surface area contributed by atoms with E-state index >= 15 is 0 Å². The molecule has 6 nitrogen and oxygen atoms in total. The number of pyridine rings is 1. The topological polar surface area (TPSA) is 81.4 Å². The average Bonchev–Trinajstić information content (AvgIpc) is 3.46. The third kappa shape index (κ3) is 4.05. The molecule has 0 spiro atoms. The first-order valence-electron chi connectivity index (χ1n) is 9.00. The van der Waals surface area contributed by atoms with Crippen LogP contribution in [0.15, 0.2) is 70.7 Å². The van der Waals surface area contributed by atoms with Crippen LogP contribution in [0.1, 0.15) is 27.7 Å². The Labute approximate surface area is 171 Å². The van der Waals surface area contributed by atoms with Crippen LogP contribution in [-0.4, -0.2) is 24.0 Å². The molecule has 0 fully saturated rings. The van der Waals surface area contributed by atoms with Gasteiger partial charge < -0.3 is 14.5 Å². The number of methoxy groups -OCH3 is 1. The van der Waals surface area contributed by atoms with E-state index in [-0.39, 0.29) is 18.3 Å². The van der Waals surface area contributed by atoms with Crippen molar-refractivity contribution in [2.75, 3.05) is 7.11 Å². The van der Waals surface area contributed by atoms with Crippen molar-refractivity contribution in [1.82, 2.24) is 10.3 Å². The summed E-state index contributed by atoms with van der Waals surface area (Å²) in [5.74, 6) is -0.104. The minimum absolute atomic E-state index is 0.0524. The van der Waals surface area contributed by atoms with Crippen molar-refractivity contribution in [1.29, 1.82) is 0 Å². The third-order valence-electron chi connectivity index (χ3n) is 4.52. The highest BCUT2D eigenvalue weighted by molar-refractivity contribution is 7.10. The van der Waals surface area contributed by atoms with Gasteiger partial charge in [0.2, 0.25) is 0 Å². The Morgan fingerprint density at radius 3 is 2.76 bits per heavy atom. The summed E-state index contributed by atoms with van der Waals surface area (Å²) in [6, 6.07) is 16.0. The summed E-state index contributed by atoms with van der Waals surface area (Å²) in [6.45, 7) is 0. The van der Waals surface area contributed by atoms with Crippen molar-refractivity contribution in [2.45, 2.75) is 12.5 Å². The van der Waals surface area contributed by atoms with Gasteiger partial charge in [0.25, 0.3) is 5.91 Å². The van der Waals surface area contributed by atoms with Crippen LogP contribution in [0.3, 0.4) is 0 Å². The molecule has 3 aromatic heterocycles. The number of carbonyl (C=O) groups is 2. The molecule has 1 N–H and O–H groups in total. The van der Waals surface area contributed by atoms with E-state index in [1.807, 2.05) is 41.8 Å². The van der Waals surface area contributed by atoms with E-state index in [1.54, 1.807) is 24.5 Å². The number of carbonyl (C=O) groups excluding carboxylic acids is 2. The second-order valence-corrected chi connectivity index (χ2v) is 7.35. The van der Waals surface area contributed by atoms with Crippen LogP contribution >= 0.6 is 11.3 Å². The number of benzene rings is 1. The van der Waals surface area contributed by atoms with Crippen molar-refractivity contribution in [3.8, 4) is 11.5 Å². The summed E-state index contributed by atoms with van der Waals surface area (Å²) in [5, 5.41) is 5.61. The van der Waals surface area contributed by atoms with Gasteiger partial charge in [0, 0.05) is 10.3 Å². The second-order valence-electron chi connectivity index (χ2n) is 6.37. The maximum Gasteiger partial charge on any atom is 0.307 e. The van der Waals surface area contributed by atoms with Crippen molar-refractivity contribution in [2.24, 2.45) is 0 Å². The zero-order valence-corrected chi connectivity index (χ0v) is 16.4. The molecule has 1 aromatic carbocycles. The Kier molecular flexibility index (Phi) is 5.39. The lowest BCUT2D eigenvalue weighted by Gasteiger charge is -2.17. The molecule has 0 radical (unpaired) electrons. The van der Waals surface area contributed by atoms with Gasteiger partial charge in [0.1, 0.15) is 5.69 Å². The molecule has 3 heterocycles. The molecule has 4 rings (SSSR count). The van der Waals surface area contributed by atoms with Gasteiger partial charge in [0.05, 0.1) is 36.9 Å². The number of esters is 1. The molecule has 1 unspecified atom stereocenters. The number of rotatable bonds is 6. The largest absolute Gasteiger partial charge is 0.469 e. The number of fused-ring (bicyclic) bond motifs is 1. The van der Waals surface area contributed by atoms with E-state index in [0.29, 0.717) is 22.5 Å². The summed E-state index contributed by atoms with van der Waals surface area (Å²) in [7, 11) is 1.33. The number of aromatic nitrogens is 1. The molecular formula is C22H18N2O4S. The first-order chi connectivity index (χ1) is 14.2. The maximum atomic E-state index is 13.2. The summed E-state index contributed by atoms with van der Waals surface area (Å²) in [5.41, 5.74) is 1.72. The van der Waals surface area contributed by atoms with Crippen LogP contribution < -0.4 is 5.32 Å². The Morgan fingerprint density at radius 1 is 1.17 bits per heavy atom. The number of ether oxygens (including phenoxy) is 1. The first kappa shape index (κ1) is 18.9. The van der Waals surface area contributed by atoms with Gasteiger partial charge in [-0.05, 0) is 35.7 Å². The third-order valence-corrected chi connectivity index (χ3v) is 5.51. The van der Waals surface area contributed by atoms with E-state index in [1.165, 1.54) is 18.4 Å². The molecule has 0 bridgehead atoms. The Bertz CT molecular complexity index is 1140. The lowest BCUT2D eigenvalue weighted by atomic mass is 10.0. The number of hydrogen-bond donors (Lipinski definition) is 1. The molecule has 1 atom stereocenters. The SMILES string of the molecule is COC(=O)CC(NC(=O)c1cc(-c2ccco2)nc2ccccc12)c1cccs1. The summed E-state index contributed by atoms with van der Waals surface area (Å²) in [4.78, 5) is 30.6. The predicted molar refractivity (Wildman–Crippen MR) is 111 cm³/mol. The van der Waals surface area contributed by atoms with Gasteiger partial charge in [-0.2, -0.15) is 0 Å². The zero-order chi connectivity index (χ0) is 20.2. The minimum atomic E-state index is -0.478. The van der Waals surface area contributed by atoms with Crippen LogP contribution in [0, 0.1) is 0 Å². The van der Waals surface area contributed by atoms with Crippen molar-refractivity contribution < 1.29 is 18.7 Å². The van der Waals surface area contributed by atoms with Crippen molar-refractivity contribution >= 4 is 34.1 Å². The number of hydrogen-bond acceptors (Lipinski definition) is 6. The zero-order valence-electron chi connectivity index (χ0n) is 15.6. The Balaban J connectivity index is 1.72. The second kappa shape index (κ2) is 8.28. The molecule has 1 amide bonds. The molecule has 29 heavy (non-hydrogen) atoms. The highest BCUT2D eigenvalue weighted by Gasteiger charge is 2.22. The molecule has 0 saturated carbocycles. The van der Waals surface area contributed by atoms with Crippen LogP contribution in [0.25, 0.3) is 22.4 Å². The number of amides is 1. The Hall–Kier alpha value is -3.45. The first-order valence-corrected chi connectivity index (χ1v) is 9.88. The summed E-state index contributed by atoms with van der Waals surface area (Å²) < 4.78 is 10.3. The highest BCUT2D eigenvalue weighted by Crippen LogP contribution is 2.27. The maximum absolute atomic E-state index is 13.2. The van der Waals surface area contributed by atoms with Crippen LogP contribution in [-0.2, 0) is 9.53 Å². The number of thiophene rings is 1. The number of para-hydroxylation sites is 1. The van der Waals surface area contributed by atoms with Crippen LogP contribution in [0.5, 0.6) is 0 Å². The standard InChI is InChI=1S/C22H18N2O4S/c1-27-21(25)13-18(20-9-5-11-29-20)24-22(26)15-12-17(19-8-4-10-28-19)23-16-7-3-2-6-14(15)16/h2-12,18H,13H2,1H3,(H,24,26). The van der Waals surface area contributed by atoms with Gasteiger partial charge in [0.15, 0.2) is 5.76 Å². The van der Waals surface area contributed by atoms with Gasteiger partial charge in [-0.1, -0.05) is 24.3 Å². The lowest BCUT2D eigenvalue weighted by Crippen LogP contribution is -2.30. The monoisotopic (exact) mass is 406 g/mol. The average molecular weight is 406 g/mol. The van der Waals surface area contributed by atoms with Crippen molar-refractivity contribution in [3.63, 3.8) is 0 Å². The lowest BCUT2D eigenvalue weighted by molar-refractivity contribution is -0.141. The fourth-order valence-corrected chi connectivity index (χ4v) is 3.89. The molecule has 4 aromatic rings. The van der Waals surface area contributed by atoms with Gasteiger partial charge in [-0.3, -0.25) is 9.59 Å². The van der Waals surface area contributed by atoms with Crippen LogP contribution in [0.4, 0.5) is 0 Å². The van der Waals surface area contributed by atoms with E-state index in [2.05, 4.69) is 10.3 Å². The van der Waals surface area contributed by atoms with Crippen LogP contribution in [0.2, 0.25) is 0 Å². The molecular weight excluding hydrogens is 388 g/mol. The number of furan rings is 1. The minimum Gasteiger partial charge on any atom is -0.469 e. The van der Waals surface area contributed by atoms with Gasteiger partial charge >= 0.3 is 5.97 Å². The van der Waals surface area contributed by atoms with Gasteiger partial charge in [-0.25, -0.2) is 4.98 Å².